The monoisotopic (exact) mass is 1130 g/mol. The molecule has 12 aromatic rings. The molecular weight excluding hydrogens is 1090 g/mol. The lowest BCUT2D eigenvalue weighted by Crippen LogP contribution is -2.24. The van der Waals surface area contributed by atoms with Crippen LogP contribution in [0.25, 0.3) is 84.9 Å². The van der Waals surface area contributed by atoms with Crippen LogP contribution in [0.1, 0.15) is 0 Å². The molecule has 12 rings (SSSR count). The van der Waals surface area contributed by atoms with E-state index in [-0.39, 0.29) is 27.1 Å². The lowest BCUT2D eigenvalue weighted by Gasteiger charge is -2.06. The second kappa shape index (κ2) is 21.5. The van der Waals surface area contributed by atoms with E-state index in [1.165, 1.54) is 85.3 Å². The van der Waals surface area contributed by atoms with E-state index < -0.39 is 25.5 Å². The predicted molar refractivity (Wildman–Crippen MR) is 282 cm³/mol. The average Bonchev–Trinajstić information content (AvgIpc) is 4.29. The van der Waals surface area contributed by atoms with Gasteiger partial charge >= 0.3 is 0 Å². The van der Waals surface area contributed by atoms with Crippen molar-refractivity contribution in [2.75, 3.05) is 18.8 Å². The number of fused-ring (bicyclic) bond motifs is 3. The number of imidazole rings is 3. The van der Waals surface area contributed by atoms with Crippen molar-refractivity contribution in [3.63, 3.8) is 0 Å². The minimum atomic E-state index is -3.62. The molecule has 0 aliphatic rings. The van der Waals surface area contributed by atoms with Crippen LogP contribution in [-0.4, -0.2) is 104 Å². The third-order valence-corrected chi connectivity index (χ3v) is 13.8. The highest BCUT2D eigenvalue weighted by Gasteiger charge is 2.24. The summed E-state index contributed by atoms with van der Waals surface area (Å²) in [6.07, 6.45) is 20.8. The molecule has 0 N–H and O–H groups in total. The molecule has 0 aliphatic carbocycles. The van der Waals surface area contributed by atoms with Crippen LogP contribution in [0.15, 0.2) is 175 Å². The van der Waals surface area contributed by atoms with Gasteiger partial charge in [-0.25, -0.2) is 79.8 Å². The first-order valence-corrected chi connectivity index (χ1v) is 28.0. The first-order valence-electron chi connectivity index (χ1n) is 22.6. The topological polar surface area (TPSA) is 250 Å². The van der Waals surface area contributed by atoms with Crippen molar-refractivity contribution in [3.8, 4) is 67.9 Å². The molecule has 0 aliphatic heterocycles. The van der Waals surface area contributed by atoms with E-state index in [0.717, 1.165) is 35.2 Å². The largest absolute Gasteiger partial charge is 0.619 e. The van der Waals surface area contributed by atoms with Crippen molar-refractivity contribution >= 4 is 60.0 Å². The molecule has 0 bridgehead atoms. The van der Waals surface area contributed by atoms with Crippen LogP contribution in [0.5, 0.6) is 0 Å². The Bertz CT molecular complexity index is 4460. The van der Waals surface area contributed by atoms with Gasteiger partial charge in [-0.1, -0.05) is 23.4 Å². The van der Waals surface area contributed by atoms with E-state index in [4.69, 9.17) is 11.6 Å². The second-order valence-corrected chi connectivity index (χ2v) is 21.6. The van der Waals surface area contributed by atoms with Gasteiger partial charge in [0, 0.05) is 72.6 Å². The number of nitrogens with zero attached hydrogens (tertiary/aromatic N) is 15. The van der Waals surface area contributed by atoms with E-state index >= 15 is 0 Å². The van der Waals surface area contributed by atoms with Gasteiger partial charge in [0.1, 0.15) is 17.5 Å². The van der Waals surface area contributed by atoms with Crippen LogP contribution in [0.3, 0.4) is 0 Å². The molecule has 0 spiro atoms. The number of benzene rings is 3. The van der Waals surface area contributed by atoms with Gasteiger partial charge in [0.25, 0.3) is 0 Å². The Morgan fingerprint density at radius 2 is 0.974 bits per heavy atom. The standard InChI is InChI=1S/C17H11ClFN5O2S.C17H12FN5O3S.C17H12FN5S/c1-27(25,26)17-21-7-6-12(22-17)14-13(10-2-4-11(19)5-3-10)23-16-15(18)20-8-9-24(14)16;1-27(25,26)17-19-7-6-13(20-17)16-15(11-2-4-12(18)5-3-11)21-14-10-22(24)8-9-23(14)16;1-24-17-20-7-6-13(21-17)16-15(11-2-4-12(18)5-3-11)22-14-10-19-8-9-23(14)16/h2-9H,1H3;2-10H,1H3;2-10H,1H3. The lowest BCUT2D eigenvalue weighted by atomic mass is 10.1. The van der Waals surface area contributed by atoms with E-state index in [2.05, 4.69) is 54.8 Å². The number of hydrogen-bond donors (Lipinski definition) is 0. The summed E-state index contributed by atoms with van der Waals surface area (Å²) in [4.78, 5) is 46.5. The molecule has 20 nitrogen and oxygen atoms in total. The molecule has 27 heteroatoms. The number of rotatable bonds is 9. The van der Waals surface area contributed by atoms with Crippen molar-refractivity contribution in [1.29, 1.82) is 0 Å². The summed E-state index contributed by atoms with van der Waals surface area (Å²) in [5.41, 5.74) is 8.24. The number of hydrogen-bond acceptors (Lipinski definition) is 17. The quantitative estimate of drug-likeness (QED) is 0.0569. The van der Waals surface area contributed by atoms with E-state index in [0.29, 0.717) is 72.1 Å². The zero-order valence-corrected chi connectivity index (χ0v) is 43.7. The molecule has 0 atom stereocenters. The highest BCUT2D eigenvalue weighted by molar-refractivity contribution is 7.98. The first kappa shape index (κ1) is 52.3. The van der Waals surface area contributed by atoms with Crippen LogP contribution < -0.4 is 4.73 Å². The molecular formula is C51H35ClF3N15O5S3. The Hall–Kier alpha value is -9.11. The predicted octanol–water partition coefficient (Wildman–Crippen LogP) is 8.40. The zero-order chi connectivity index (χ0) is 54.9. The van der Waals surface area contributed by atoms with Gasteiger partial charge in [-0.3, -0.25) is 18.2 Å². The van der Waals surface area contributed by atoms with Crippen LogP contribution in [0.4, 0.5) is 13.2 Å². The van der Waals surface area contributed by atoms with E-state index in [1.807, 2.05) is 22.9 Å². The van der Waals surface area contributed by atoms with Gasteiger partial charge in [0.05, 0.1) is 63.6 Å². The number of halogens is 4. The molecule has 0 fully saturated rings. The highest BCUT2D eigenvalue weighted by atomic mass is 35.5. The van der Waals surface area contributed by atoms with E-state index in [1.54, 1.807) is 82.1 Å². The lowest BCUT2D eigenvalue weighted by molar-refractivity contribution is -0.604. The fourth-order valence-electron chi connectivity index (χ4n) is 7.87. The Balaban J connectivity index is 0.000000133. The normalized spacial score (nSPS) is 11.6. The molecule has 9 aromatic heterocycles. The van der Waals surface area contributed by atoms with Crippen molar-refractivity contribution < 1.29 is 34.7 Å². The summed E-state index contributed by atoms with van der Waals surface area (Å²) in [5, 5.41) is 11.8. The van der Waals surface area contributed by atoms with Crippen LogP contribution >= 0.6 is 23.4 Å². The van der Waals surface area contributed by atoms with Crippen molar-refractivity contribution in [2.45, 2.75) is 15.5 Å². The summed E-state index contributed by atoms with van der Waals surface area (Å²) >= 11 is 7.64. The summed E-state index contributed by atoms with van der Waals surface area (Å²) in [6, 6.07) is 22.7. The minimum absolute atomic E-state index is 0.171. The Labute approximate surface area is 449 Å². The Kier molecular flexibility index (Phi) is 14.4. The maximum atomic E-state index is 13.3. The number of aromatic nitrogens is 15. The van der Waals surface area contributed by atoms with E-state index in [9.17, 15) is 35.2 Å². The molecule has 390 valence electrons. The third kappa shape index (κ3) is 10.9. The van der Waals surface area contributed by atoms with Crippen molar-refractivity contribution in [3.05, 3.63) is 187 Å². The highest BCUT2D eigenvalue weighted by Crippen LogP contribution is 2.36. The van der Waals surface area contributed by atoms with Gasteiger partial charge in [-0.15, -0.1) is 0 Å². The summed E-state index contributed by atoms with van der Waals surface area (Å²) < 4.78 is 93.0. The zero-order valence-electron chi connectivity index (χ0n) is 40.5. The number of thioether (sulfide) groups is 1. The van der Waals surface area contributed by atoms with Gasteiger partial charge in [0.15, 0.2) is 27.8 Å². The first-order chi connectivity index (χ1) is 37.4. The maximum absolute atomic E-state index is 13.3. The van der Waals surface area contributed by atoms with Gasteiger partial charge in [-0.05, 0) is 97.3 Å². The molecule has 0 amide bonds. The fourth-order valence-corrected chi connectivity index (χ4v) is 9.45. The number of sulfone groups is 2. The molecule has 0 unspecified atom stereocenters. The Morgan fingerprint density at radius 1 is 0.526 bits per heavy atom. The van der Waals surface area contributed by atoms with Crippen LogP contribution in [-0.2, 0) is 19.7 Å². The third-order valence-electron chi connectivity index (χ3n) is 11.3. The molecule has 0 saturated heterocycles. The average molecular weight is 1130 g/mol. The minimum Gasteiger partial charge on any atom is -0.619 e. The summed E-state index contributed by atoms with van der Waals surface area (Å²) in [5.74, 6) is -1.06. The SMILES string of the molecule is CS(=O)(=O)c1nccc(-c2c(-c3ccc(F)cc3)nc3c(Cl)nccn23)n1.CS(=O)(=O)c1nccc(-c2c(-c3ccc(F)cc3)nc3c[n+]([O-])ccn23)n1.CSc1nccc(-c2c(-c3ccc(F)cc3)nc3cnccn23)n1. The molecule has 3 aromatic carbocycles. The van der Waals surface area contributed by atoms with Gasteiger partial charge < -0.3 is 5.21 Å². The van der Waals surface area contributed by atoms with Crippen LogP contribution in [0.2, 0.25) is 5.15 Å². The molecule has 78 heavy (non-hydrogen) atoms. The molecule has 9 heterocycles. The molecule has 0 saturated carbocycles. The summed E-state index contributed by atoms with van der Waals surface area (Å²) in [7, 11) is -7.22. The molecule has 0 radical (unpaired) electrons. The smallest absolute Gasteiger partial charge is 0.247 e. The van der Waals surface area contributed by atoms with Crippen LogP contribution in [0, 0.1) is 22.7 Å². The Morgan fingerprint density at radius 3 is 1.49 bits per heavy atom. The van der Waals surface area contributed by atoms with Gasteiger partial charge in [0.2, 0.25) is 41.8 Å². The van der Waals surface area contributed by atoms with Crippen molar-refractivity contribution in [1.82, 2.24) is 68.0 Å². The summed E-state index contributed by atoms with van der Waals surface area (Å²) in [6.45, 7) is 0. The maximum Gasteiger partial charge on any atom is 0.247 e. The van der Waals surface area contributed by atoms with Crippen molar-refractivity contribution in [2.24, 2.45) is 0 Å². The van der Waals surface area contributed by atoms with Gasteiger partial charge in [-0.2, -0.15) is 4.73 Å². The second-order valence-electron chi connectivity index (χ2n) is 16.6. The fraction of sp³-hybridized carbons (Fsp3) is 0.0588.